The fourth-order valence-electron chi connectivity index (χ4n) is 2.54. The van der Waals surface area contributed by atoms with Gasteiger partial charge in [0.25, 0.3) is 0 Å². The van der Waals surface area contributed by atoms with E-state index >= 15 is 0 Å². The van der Waals surface area contributed by atoms with Gasteiger partial charge in [0.15, 0.2) is 0 Å². The Kier molecular flexibility index (Phi) is 3.10. The van der Waals surface area contributed by atoms with Crippen molar-refractivity contribution < 1.29 is 9.53 Å². The molecule has 2 fully saturated rings. The van der Waals surface area contributed by atoms with E-state index in [1.54, 1.807) is 0 Å². The second-order valence-corrected chi connectivity index (χ2v) is 5.88. The van der Waals surface area contributed by atoms with Crippen LogP contribution in [0.2, 0.25) is 0 Å². The fourth-order valence-corrected chi connectivity index (χ4v) is 2.54. The van der Waals surface area contributed by atoms with Gasteiger partial charge >= 0.3 is 6.09 Å². The number of fused-ring (bicyclic) bond motifs is 2. The Labute approximate surface area is 97.3 Å². The maximum absolute atomic E-state index is 12.0. The molecule has 2 unspecified atom stereocenters. The maximum atomic E-state index is 12.0. The van der Waals surface area contributed by atoms with Gasteiger partial charge in [-0.25, -0.2) is 4.79 Å². The van der Waals surface area contributed by atoms with Gasteiger partial charge in [-0.3, -0.25) is 0 Å². The molecule has 92 valence electrons. The molecule has 0 radical (unpaired) electrons. The van der Waals surface area contributed by atoms with E-state index in [1.165, 1.54) is 6.42 Å². The molecule has 0 aliphatic carbocycles. The lowest BCUT2D eigenvalue weighted by Gasteiger charge is -2.29. The van der Waals surface area contributed by atoms with E-state index < -0.39 is 5.60 Å². The molecule has 2 saturated heterocycles. The molecule has 4 heteroatoms. The van der Waals surface area contributed by atoms with Crippen LogP contribution in [-0.4, -0.2) is 42.3 Å². The summed E-state index contributed by atoms with van der Waals surface area (Å²) >= 11 is 0. The standard InChI is InChI=1S/C12H22N2O2/c1-12(2,3)16-11(15)14-8-9-4-5-13-7-10(14)6-9/h9-10,13H,4-8H2,1-3H3. The Morgan fingerprint density at radius 1 is 1.44 bits per heavy atom. The van der Waals surface area contributed by atoms with E-state index in [4.69, 9.17) is 4.74 Å². The first-order chi connectivity index (χ1) is 7.46. The highest BCUT2D eigenvalue weighted by molar-refractivity contribution is 5.69. The third-order valence-corrected chi connectivity index (χ3v) is 3.24. The van der Waals surface area contributed by atoms with Gasteiger partial charge in [-0.05, 0) is 46.1 Å². The predicted octanol–water partition coefficient (Wildman–Crippen LogP) is 1.61. The zero-order chi connectivity index (χ0) is 11.8. The fraction of sp³-hybridized carbons (Fsp3) is 0.917. The van der Waals surface area contributed by atoms with Gasteiger partial charge in [-0.2, -0.15) is 0 Å². The third kappa shape index (κ3) is 2.67. The van der Waals surface area contributed by atoms with Crippen molar-refractivity contribution in [3.8, 4) is 0 Å². The molecule has 0 aromatic rings. The van der Waals surface area contributed by atoms with Gasteiger partial charge in [-0.15, -0.1) is 0 Å². The van der Waals surface area contributed by atoms with Crippen molar-refractivity contribution >= 4 is 6.09 Å². The first-order valence-electron chi connectivity index (χ1n) is 6.16. The number of amides is 1. The van der Waals surface area contributed by atoms with Gasteiger partial charge in [0.05, 0.1) is 0 Å². The highest BCUT2D eigenvalue weighted by Crippen LogP contribution is 2.28. The van der Waals surface area contributed by atoms with Crippen molar-refractivity contribution in [1.82, 2.24) is 10.2 Å². The average Bonchev–Trinajstić information content (AvgIpc) is 2.35. The molecule has 2 aliphatic heterocycles. The summed E-state index contributed by atoms with van der Waals surface area (Å²) in [6.45, 7) is 8.62. The Bertz CT molecular complexity index is 273. The zero-order valence-electron chi connectivity index (χ0n) is 10.5. The van der Waals surface area contributed by atoms with E-state index in [9.17, 15) is 4.79 Å². The minimum atomic E-state index is -0.392. The molecule has 2 aliphatic rings. The molecular weight excluding hydrogens is 204 g/mol. The number of ether oxygens (including phenoxy) is 1. The van der Waals surface area contributed by atoms with Crippen LogP contribution >= 0.6 is 0 Å². The van der Waals surface area contributed by atoms with Crippen molar-refractivity contribution in [3.63, 3.8) is 0 Å². The number of carbonyl (C=O) groups is 1. The Morgan fingerprint density at radius 3 is 2.88 bits per heavy atom. The first kappa shape index (κ1) is 11.7. The first-order valence-corrected chi connectivity index (χ1v) is 6.16. The summed E-state index contributed by atoms with van der Waals surface area (Å²) in [6.07, 6.45) is 2.16. The summed E-state index contributed by atoms with van der Waals surface area (Å²) in [5, 5.41) is 3.38. The van der Waals surface area contributed by atoms with E-state index in [0.717, 1.165) is 26.1 Å². The van der Waals surface area contributed by atoms with Crippen LogP contribution in [0.15, 0.2) is 0 Å². The molecule has 0 aromatic heterocycles. The van der Waals surface area contributed by atoms with Crippen molar-refractivity contribution in [2.24, 2.45) is 5.92 Å². The number of hydrogen-bond donors (Lipinski definition) is 1. The van der Waals surface area contributed by atoms with E-state index in [2.05, 4.69) is 5.32 Å². The maximum Gasteiger partial charge on any atom is 0.410 e. The highest BCUT2D eigenvalue weighted by atomic mass is 16.6. The van der Waals surface area contributed by atoms with Crippen LogP contribution in [0.1, 0.15) is 33.6 Å². The summed E-state index contributed by atoms with van der Waals surface area (Å²) in [5.41, 5.74) is -0.392. The number of hydrogen-bond acceptors (Lipinski definition) is 3. The van der Waals surface area contributed by atoms with Crippen molar-refractivity contribution in [3.05, 3.63) is 0 Å². The van der Waals surface area contributed by atoms with Crippen LogP contribution in [-0.2, 0) is 4.74 Å². The molecule has 2 heterocycles. The molecule has 1 N–H and O–H groups in total. The highest BCUT2D eigenvalue weighted by Gasteiger charge is 2.38. The van der Waals surface area contributed by atoms with Crippen molar-refractivity contribution in [2.75, 3.05) is 19.6 Å². The second kappa shape index (κ2) is 4.24. The minimum Gasteiger partial charge on any atom is -0.444 e. The molecule has 1 amide bonds. The van der Waals surface area contributed by atoms with E-state index in [1.807, 2.05) is 25.7 Å². The topological polar surface area (TPSA) is 41.6 Å². The summed E-state index contributed by atoms with van der Waals surface area (Å²) in [6, 6.07) is 0.336. The molecule has 16 heavy (non-hydrogen) atoms. The number of carbonyl (C=O) groups excluding carboxylic acids is 1. The van der Waals surface area contributed by atoms with Crippen molar-refractivity contribution in [2.45, 2.75) is 45.3 Å². The van der Waals surface area contributed by atoms with Gasteiger partial charge in [-0.1, -0.05) is 0 Å². The Balaban J connectivity index is 1.97. The molecule has 2 atom stereocenters. The monoisotopic (exact) mass is 226 g/mol. The molecule has 0 saturated carbocycles. The quantitative estimate of drug-likeness (QED) is 0.682. The SMILES string of the molecule is CC(C)(C)OC(=O)N1CC2CCNCC1C2. The van der Waals surface area contributed by atoms with Gasteiger partial charge in [0.1, 0.15) is 5.60 Å². The zero-order valence-corrected chi connectivity index (χ0v) is 10.5. The summed E-state index contributed by atoms with van der Waals surface area (Å²) < 4.78 is 5.43. The number of rotatable bonds is 0. The average molecular weight is 226 g/mol. The number of likely N-dealkylation sites (tertiary alicyclic amines) is 1. The number of nitrogens with one attached hydrogen (secondary N) is 1. The molecular formula is C12H22N2O2. The van der Waals surface area contributed by atoms with Gasteiger partial charge in [0, 0.05) is 19.1 Å². The molecule has 0 spiro atoms. The van der Waals surface area contributed by atoms with Crippen LogP contribution in [0.5, 0.6) is 0 Å². The van der Waals surface area contributed by atoms with Crippen LogP contribution < -0.4 is 5.32 Å². The lowest BCUT2D eigenvalue weighted by molar-refractivity contribution is 0.0216. The van der Waals surface area contributed by atoms with Crippen LogP contribution in [0, 0.1) is 5.92 Å². The normalized spacial score (nSPS) is 30.1. The number of nitrogens with zero attached hydrogens (tertiary/aromatic N) is 1. The Hall–Kier alpha value is -0.770. The molecule has 2 bridgehead atoms. The lowest BCUT2D eigenvalue weighted by Crippen LogP contribution is -2.45. The summed E-state index contributed by atoms with van der Waals surface area (Å²) in [4.78, 5) is 13.9. The smallest absolute Gasteiger partial charge is 0.410 e. The Morgan fingerprint density at radius 2 is 2.19 bits per heavy atom. The molecule has 4 nitrogen and oxygen atoms in total. The predicted molar refractivity (Wildman–Crippen MR) is 62.3 cm³/mol. The van der Waals surface area contributed by atoms with Gasteiger partial charge < -0.3 is 15.0 Å². The van der Waals surface area contributed by atoms with Crippen LogP contribution in [0.25, 0.3) is 0 Å². The van der Waals surface area contributed by atoms with Crippen LogP contribution in [0.3, 0.4) is 0 Å². The molecule has 0 aromatic carbocycles. The van der Waals surface area contributed by atoms with E-state index in [0.29, 0.717) is 12.0 Å². The van der Waals surface area contributed by atoms with E-state index in [-0.39, 0.29) is 6.09 Å². The minimum absolute atomic E-state index is 0.149. The van der Waals surface area contributed by atoms with Gasteiger partial charge in [0.2, 0.25) is 0 Å². The summed E-state index contributed by atoms with van der Waals surface area (Å²) in [7, 11) is 0. The third-order valence-electron chi connectivity index (χ3n) is 3.24. The lowest BCUT2D eigenvalue weighted by atomic mass is 10.0. The second-order valence-electron chi connectivity index (χ2n) is 5.88. The van der Waals surface area contributed by atoms with Crippen molar-refractivity contribution in [1.29, 1.82) is 0 Å². The largest absolute Gasteiger partial charge is 0.444 e. The molecule has 2 rings (SSSR count). The van der Waals surface area contributed by atoms with Crippen LogP contribution in [0.4, 0.5) is 4.79 Å². The summed E-state index contributed by atoms with van der Waals surface area (Å²) in [5.74, 6) is 0.660.